The van der Waals surface area contributed by atoms with E-state index in [1.54, 1.807) is 11.4 Å². The molecule has 1 N–H and O–H groups in total. The van der Waals surface area contributed by atoms with Gasteiger partial charge in [-0.2, -0.15) is 0 Å². The minimum atomic E-state index is -0.246. The lowest BCUT2D eigenvalue weighted by molar-refractivity contribution is -0.116. The van der Waals surface area contributed by atoms with E-state index in [4.69, 9.17) is 4.74 Å². The van der Waals surface area contributed by atoms with Crippen molar-refractivity contribution in [3.8, 4) is 5.75 Å². The fraction of sp³-hybridized carbons (Fsp3) is 0.375. The Hall–Kier alpha value is -2.08. The lowest BCUT2D eigenvalue weighted by Crippen LogP contribution is -2.25. The third-order valence-corrected chi connectivity index (χ3v) is 3.89. The van der Waals surface area contributed by atoms with Crippen LogP contribution in [-0.4, -0.2) is 17.1 Å². The quantitative estimate of drug-likeness (QED) is 0.890. The standard InChI is InChI=1S/C16H20N2O3S/c1-11(2)9-21-14-7-5-4-6-13(14)17-15(19)8-18-12(3)10-22-16(18)20/h4-7,10-11H,8-9H2,1-3H3,(H,17,19). The molecule has 1 amide bonds. The van der Waals surface area contributed by atoms with Crippen LogP contribution in [-0.2, 0) is 11.3 Å². The summed E-state index contributed by atoms with van der Waals surface area (Å²) in [5.74, 6) is 0.791. The summed E-state index contributed by atoms with van der Waals surface area (Å²) in [6.45, 7) is 6.52. The lowest BCUT2D eigenvalue weighted by Gasteiger charge is -2.14. The molecular weight excluding hydrogens is 300 g/mol. The zero-order valence-electron chi connectivity index (χ0n) is 13.0. The minimum absolute atomic E-state index is 0.00663. The first-order valence-electron chi connectivity index (χ1n) is 7.14. The van der Waals surface area contributed by atoms with Gasteiger partial charge in [0.1, 0.15) is 12.3 Å². The minimum Gasteiger partial charge on any atom is -0.491 e. The number of thiazole rings is 1. The molecule has 0 atom stereocenters. The van der Waals surface area contributed by atoms with Gasteiger partial charge in [0.05, 0.1) is 12.3 Å². The van der Waals surface area contributed by atoms with Crippen LogP contribution >= 0.6 is 11.3 Å². The van der Waals surface area contributed by atoms with E-state index in [0.717, 1.165) is 17.0 Å². The Morgan fingerprint density at radius 1 is 1.36 bits per heavy atom. The molecule has 0 aliphatic rings. The van der Waals surface area contributed by atoms with Gasteiger partial charge in [0.25, 0.3) is 0 Å². The van der Waals surface area contributed by atoms with Gasteiger partial charge in [-0.3, -0.25) is 14.2 Å². The maximum Gasteiger partial charge on any atom is 0.307 e. The summed E-state index contributed by atoms with van der Waals surface area (Å²) in [7, 11) is 0. The zero-order valence-corrected chi connectivity index (χ0v) is 13.8. The Kier molecular flexibility index (Phi) is 5.38. The van der Waals surface area contributed by atoms with Crippen LogP contribution in [0.25, 0.3) is 0 Å². The van der Waals surface area contributed by atoms with E-state index in [2.05, 4.69) is 19.2 Å². The highest BCUT2D eigenvalue weighted by atomic mass is 32.1. The van der Waals surface area contributed by atoms with Crippen LogP contribution in [0.5, 0.6) is 5.75 Å². The number of nitrogens with zero attached hydrogens (tertiary/aromatic N) is 1. The van der Waals surface area contributed by atoms with E-state index in [1.165, 1.54) is 4.57 Å². The molecule has 0 radical (unpaired) electrons. The molecule has 0 saturated carbocycles. The number of nitrogens with one attached hydrogen (secondary N) is 1. The van der Waals surface area contributed by atoms with Gasteiger partial charge < -0.3 is 10.1 Å². The van der Waals surface area contributed by atoms with E-state index in [9.17, 15) is 9.59 Å². The Bertz CT molecular complexity index is 703. The van der Waals surface area contributed by atoms with Crippen molar-refractivity contribution >= 4 is 22.9 Å². The highest BCUT2D eigenvalue weighted by Gasteiger charge is 2.11. The first-order valence-corrected chi connectivity index (χ1v) is 8.02. The van der Waals surface area contributed by atoms with Gasteiger partial charge in [-0.05, 0) is 25.0 Å². The highest BCUT2D eigenvalue weighted by molar-refractivity contribution is 7.07. The molecular formula is C16H20N2O3S. The van der Waals surface area contributed by atoms with Crippen LogP contribution in [0.15, 0.2) is 34.4 Å². The second-order valence-electron chi connectivity index (χ2n) is 5.48. The molecule has 6 heteroatoms. The van der Waals surface area contributed by atoms with Gasteiger partial charge in [0.15, 0.2) is 0 Å². The summed E-state index contributed by atoms with van der Waals surface area (Å²) in [4.78, 5) is 23.7. The number of para-hydroxylation sites is 2. The number of ether oxygens (including phenoxy) is 1. The molecule has 0 aliphatic heterocycles. The molecule has 0 unspecified atom stereocenters. The normalized spacial score (nSPS) is 10.7. The van der Waals surface area contributed by atoms with Crippen molar-refractivity contribution in [2.24, 2.45) is 5.92 Å². The summed E-state index contributed by atoms with van der Waals surface area (Å²) in [6.07, 6.45) is 0. The van der Waals surface area contributed by atoms with E-state index < -0.39 is 0 Å². The molecule has 0 bridgehead atoms. The van der Waals surface area contributed by atoms with Crippen molar-refractivity contribution in [2.45, 2.75) is 27.3 Å². The lowest BCUT2D eigenvalue weighted by atomic mass is 10.2. The fourth-order valence-corrected chi connectivity index (χ4v) is 2.62. The summed E-state index contributed by atoms with van der Waals surface area (Å²) in [5.41, 5.74) is 1.41. The maximum atomic E-state index is 12.2. The Morgan fingerprint density at radius 2 is 2.09 bits per heavy atom. The number of aromatic nitrogens is 1. The second kappa shape index (κ2) is 7.26. The van der Waals surface area contributed by atoms with Gasteiger partial charge >= 0.3 is 4.87 Å². The first-order chi connectivity index (χ1) is 10.5. The Labute approximate surface area is 133 Å². The molecule has 2 rings (SSSR count). The highest BCUT2D eigenvalue weighted by Crippen LogP contribution is 2.24. The monoisotopic (exact) mass is 320 g/mol. The number of carbonyl (C=O) groups is 1. The van der Waals surface area contributed by atoms with Gasteiger partial charge in [-0.1, -0.05) is 37.3 Å². The Morgan fingerprint density at radius 3 is 2.73 bits per heavy atom. The van der Waals surface area contributed by atoms with Gasteiger partial charge in [-0.25, -0.2) is 0 Å². The number of hydrogen-bond donors (Lipinski definition) is 1. The summed E-state index contributed by atoms with van der Waals surface area (Å²) >= 11 is 1.10. The molecule has 0 fully saturated rings. The topological polar surface area (TPSA) is 60.3 Å². The number of amides is 1. The largest absolute Gasteiger partial charge is 0.491 e. The van der Waals surface area contributed by atoms with Crippen molar-refractivity contribution in [1.29, 1.82) is 0 Å². The van der Waals surface area contributed by atoms with E-state index in [-0.39, 0.29) is 17.3 Å². The molecule has 0 spiro atoms. The molecule has 118 valence electrons. The van der Waals surface area contributed by atoms with Crippen LogP contribution in [0, 0.1) is 12.8 Å². The Balaban J connectivity index is 2.07. The predicted octanol–water partition coefficient (Wildman–Crippen LogP) is 2.89. The molecule has 22 heavy (non-hydrogen) atoms. The summed E-state index contributed by atoms with van der Waals surface area (Å²) in [5, 5.41) is 4.55. The molecule has 5 nitrogen and oxygen atoms in total. The van der Waals surface area contributed by atoms with E-state index in [1.807, 2.05) is 25.1 Å². The van der Waals surface area contributed by atoms with Crippen molar-refractivity contribution in [1.82, 2.24) is 4.57 Å². The molecule has 0 saturated heterocycles. The van der Waals surface area contributed by atoms with Crippen molar-refractivity contribution < 1.29 is 9.53 Å². The third kappa shape index (κ3) is 4.21. The molecule has 0 aliphatic carbocycles. The molecule has 1 heterocycles. The van der Waals surface area contributed by atoms with E-state index >= 15 is 0 Å². The average Bonchev–Trinajstić information content (AvgIpc) is 2.78. The number of rotatable bonds is 6. The van der Waals surface area contributed by atoms with Crippen molar-refractivity contribution in [3.05, 3.63) is 45.0 Å². The molecule has 2 aromatic rings. The first kappa shape index (κ1) is 16.3. The van der Waals surface area contributed by atoms with Gasteiger partial charge in [0.2, 0.25) is 5.91 Å². The van der Waals surface area contributed by atoms with Crippen LogP contribution in [0.4, 0.5) is 5.69 Å². The third-order valence-electron chi connectivity index (χ3n) is 3.01. The van der Waals surface area contributed by atoms with Gasteiger partial charge in [-0.15, -0.1) is 0 Å². The summed E-state index contributed by atoms with van der Waals surface area (Å²) < 4.78 is 7.16. The number of anilines is 1. The smallest absolute Gasteiger partial charge is 0.307 e. The van der Waals surface area contributed by atoms with Crippen LogP contribution in [0.1, 0.15) is 19.5 Å². The maximum absolute atomic E-state index is 12.2. The van der Waals surface area contributed by atoms with Crippen molar-refractivity contribution in [3.63, 3.8) is 0 Å². The van der Waals surface area contributed by atoms with Crippen LogP contribution < -0.4 is 14.9 Å². The average molecular weight is 320 g/mol. The molecule has 1 aromatic carbocycles. The SMILES string of the molecule is Cc1csc(=O)n1CC(=O)Nc1ccccc1OCC(C)C. The fourth-order valence-electron chi connectivity index (χ4n) is 1.88. The van der Waals surface area contributed by atoms with Crippen LogP contribution in [0.2, 0.25) is 0 Å². The van der Waals surface area contributed by atoms with Crippen LogP contribution in [0.3, 0.4) is 0 Å². The number of hydrogen-bond acceptors (Lipinski definition) is 4. The zero-order chi connectivity index (χ0) is 16.1. The van der Waals surface area contributed by atoms with Gasteiger partial charge in [0, 0.05) is 11.1 Å². The predicted molar refractivity (Wildman–Crippen MR) is 88.7 cm³/mol. The van der Waals surface area contributed by atoms with E-state index in [0.29, 0.717) is 24.0 Å². The number of aryl methyl sites for hydroxylation is 1. The molecule has 1 aromatic heterocycles. The second-order valence-corrected chi connectivity index (χ2v) is 6.30. The number of benzene rings is 1. The summed E-state index contributed by atoms with van der Waals surface area (Å²) in [6, 6.07) is 7.30. The van der Waals surface area contributed by atoms with Crippen molar-refractivity contribution in [2.75, 3.05) is 11.9 Å². The number of carbonyl (C=O) groups excluding carboxylic acids is 1.